The summed E-state index contributed by atoms with van der Waals surface area (Å²) >= 11 is 1.65. The molecule has 1 fully saturated rings. The predicted octanol–water partition coefficient (Wildman–Crippen LogP) is 4.19. The summed E-state index contributed by atoms with van der Waals surface area (Å²) in [4.78, 5) is 24.1. The van der Waals surface area contributed by atoms with Gasteiger partial charge in [0.05, 0.1) is 15.2 Å². The smallest absolute Gasteiger partial charge is 0.254 e. The quantitative estimate of drug-likeness (QED) is 0.694. The highest BCUT2D eigenvalue weighted by atomic mass is 32.1. The molecule has 0 aliphatic carbocycles. The van der Waals surface area contributed by atoms with Gasteiger partial charge in [0.1, 0.15) is 5.82 Å². The van der Waals surface area contributed by atoms with Gasteiger partial charge in [0, 0.05) is 37.1 Å². The molecule has 0 bridgehead atoms. The fourth-order valence-electron chi connectivity index (χ4n) is 3.83. The first-order valence-corrected chi connectivity index (χ1v) is 10.1. The highest BCUT2D eigenvalue weighted by molar-refractivity contribution is 7.18. The highest BCUT2D eigenvalue weighted by Gasteiger charge is 2.27. The number of piperidine rings is 1. The van der Waals surface area contributed by atoms with Crippen LogP contribution < -0.4 is 0 Å². The van der Waals surface area contributed by atoms with Crippen molar-refractivity contribution >= 4 is 27.5 Å². The molecule has 1 saturated heterocycles. The summed E-state index contributed by atoms with van der Waals surface area (Å²) in [6.07, 6.45) is 8.21. The average Bonchev–Trinajstić information content (AvgIpc) is 3.23. The van der Waals surface area contributed by atoms with E-state index in [1.165, 1.54) is 6.42 Å². The molecule has 1 unspecified atom stereocenters. The number of benzene rings is 1. The third-order valence-electron chi connectivity index (χ3n) is 5.26. The number of imidazole rings is 1. The maximum atomic E-state index is 13.2. The van der Waals surface area contributed by atoms with Crippen LogP contribution >= 0.6 is 11.3 Å². The van der Waals surface area contributed by atoms with E-state index in [1.807, 2.05) is 44.4 Å². The van der Waals surface area contributed by atoms with Crippen LogP contribution in [0.15, 0.2) is 30.6 Å². The van der Waals surface area contributed by atoms with Crippen LogP contribution in [0.25, 0.3) is 10.2 Å². The number of hydrogen-bond acceptors (Lipinski definition) is 4. The topological polar surface area (TPSA) is 51.0 Å². The summed E-state index contributed by atoms with van der Waals surface area (Å²) in [5.74, 6) is 1.19. The van der Waals surface area contributed by atoms with Gasteiger partial charge in [-0.3, -0.25) is 4.79 Å². The Morgan fingerprint density at radius 3 is 3.00 bits per heavy atom. The number of carbonyl (C=O) groups is 1. The first kappa shape index (κ1) is 17.2. The first-order chi connectivity index (χ1) is 12.6. The number of rotatable bonds is 4. The van der Waals surface area contributed by atoms with Crippen LogP contribution in [0.4, 0.5) is 0 Å². The monoisotopic (exact) mass is 368 g/mol. The van der Waals surface area contributed by atoms with E-state index in [9.17, 15) is 4.79 Å². The summed E-state index contributed by atoms with van der Waals surface area (Å²) in [7, 11) is 0. The number of thiazole rings is 1. The van der Waals surface area contributed by atoms with Crippen molar-refractivity contribution in [3.63, 3.8) is 0 Å². The molecule has 136 valence electrons. The van der Waals surface area contributed by atoms with Crippen LogP contribution in [0.1, 0.15) is 46.9 Å². The Balaban J connectivity index is 1.52. The molecule has 0 N–H and O–H groups in total. The van der Waals surface area contributed by atoms with Crippen molar-refractivity contribution in [2.45, 2.75) is 52.1 Å². The summed E-state index contributed by atoms with van der Waals surface area (Å²) in [5, 5.41) is 1.04. The van der Waals surface area contributed by atoms with E-state index in [4.69, 9.17) is 0 Å². The number of hydrogen-bond donors (Lipinski definition) is 0. The molecule has 1 aliphatic heterocycles. The fraction of sp³-hybridized carbons (Fsp3) is 0.450. The molecule has 3 heterocycles. The van der Waals surface area contributed by atoms with E-state index in [1.54, 1.807) is 11.3 Å². The number of aromatic nitrogens is 3. The molecular formula is C20H24N4OS. The van der Waals surface area contributed by atoms with E-state index in [2.05, 4.69) is 19.4 Å². The SMILES string of the molecule is Cc1nc2ccc(C(=O)N3CCCCC3CCn3ccnc3C)cc2s1. The van der Waals surface area contributed by atoms with E-state index in [-0.39, 0.29) is 5.91 Å². The summed E-state index contributed by atoms with van der Waals surface area (Å²) in [6, 6.07) is 6.21. The molecule has 4 rings (SSSR count). The molecule has 0 radical (unpaired) electrons. The molecule has 1 aliphatic rings. The lowest BCUT2D eigenvalue weighted by Gasteiger charge is -2.36. The Kier molecular flexibility index (Phi) is 4.76. The molecule has 1 aromatic carbocycles. The van der Waals surface area contributed by atoms with Crippen molar-refractivity contribution in [3.05, 3.63) is 47.0 Å². The van der Waals surface area contributed by atoms with Gasteiger partial charge >= 0.3 is 0 Å². The number of fused-ring (bicyclic) bond motifs is 1. The fourth-order valence-corrected chi connectivity index (χ4v) is 4.70. The second kappa shape index (κ2) is 7.19. The lowest BCUT2D eigenvalue weighted by Crippen LogP contribution is -2.44. The first-order valence-electron chi connectivity index (χ1n) is 9.28. The molecule has 0 spiro atoms. The van der Waals surface area contributed by atoms with Gasteiger partial charge in [-0.05, 0) is 57.7 Å². The maximum Gasteiger partial charge on any atom is 0.254 e. The van der Waals surface area contributed by atoms with Crippen LogP contribution in [0, 0.1) is 13.8 Å². The standard InChI is InChI=1S/C20H24N4OS/c1-14-21-9-12-23(14)11-8-17-5-3-4-10-24(17)20(25)16-6-7-18-19(13-16)26-15(2)22-18/h6-7,9,12-13,17H,3-5,8,10-11H2,1-2H3. The van der Waals surface area contributed by atoms with Crippen LogP contribution in [-0.4, -0.2) is 37.9 Å². The Labute approximate surface area is 157 Å². The van der Waals surface area contributed by atoms with E-state index in [0.717, 1.165) is 59.0 Å². The van der Waals surface area contributed by atoms with Crippen LogP contribution in [0.5, 0.6) is 0 Å². The number of amides is 1. The molecule has 1 atom stereocenters. The van der Waals surface area contributed by atoms with Gasteiger partial charge in [0.2, 0.25) is 0 Å². The van der Waals surface area contributed by atoms with Crippen molar-refractivity contribution in [3.8, 4) is 0 Å². The predicted molar refractivity (Wildman–Crippen MR) is 105 cm³/mol. The van der Waals surface area contributed by atoms with Crippen molar-refractivity contribution in [2.24, 2.45) is 0 Å². The van der Waals surface area contributed by atoms with Gasteiger partial charge in [0.15, 0.2) is 0 Å². The van der Waals surface area contributed by atoms with Gasteiger partial charge in [-0.25, -0.2) is 9.97 Å². The third kappa shape index (κ3) is 3.38. The van der Waals surface area contributed by atoms with Gasteiger partial charge in [-0.1, -0.05) is 0 Å². The van der Waals surface area contributed by atoms with Gasteiger partial charge in [0.25, 0.3) is 5.91 Å². The molecule has 26 heavy (non-hydrogen) atoms. The van der Waals surface area contributed by atoms with E-state index >= 15 is 0 Å². The number of carbonyl (C=O) groups excluding carboxylic acids is 1. The van der Waals surface area contributed by atoms with Gasteiger partial charge in [-0.15, -0.1) is 11.3 Å². The molecule has 2 aromatic heterocycles. The Bertz CT molecular complexity index is 929. The zero-order valence-electron chi connectivity index (χ0n) is 15.3. The normalized spacial score (nSPS) is 17.8. The van der Waals surface area contributed by atoms with Gasteiger partial charge < -0.3 is 9.47 Å². The van der Waals surface area contributed by atoms with Crippen LogP contribution in [0.2, 0.25) is 0 Å². The zero-order chi connectivity index (χ0) is 18.1. The minimum absolute atomic E-state index is 0.157. The Morgan fingerprint density at radius 1 is 1.31 bits per heavy atom. The second-order valence-electron chi connectivity index (χ2n) is 7.02. The Hall–Kier alpha value is -2.21. The van der Waals surface area contributed by atoms with E-state index < -0.39 is 0 Å². The summed E-state index contributed by atoms with van der Waals surface area (Å²) in [5.41, 5.74) is 1.77. The highest BCUT2D eigenvalue weighted by Crippen LogP contribution is 2.26. The minimum atomic E-state index is 0.157. The number of likely N-dealkylation sites (tertiary alicyclic amines) is 1. The zero-order valence-corrected chi connectivity index (χ0v) is 16.1. The maximum absolute atomic E-state index is 13.2. The van der Waals surface area contributed by atoms with Crippen molar-refractivity contribution in [2.75, 3.05) is 6.54 Å². The minimum Gasteiger partial charge on any atom is -0.336 e. The number of nitrogens with zero attached hydrogens (tertiary/aromatic N) is 4. The second-order valence-corrected chi connectivity index (χ2v) is 8.25. The molecule has 6 heteroatoms. The molecular weight excluding hydrogens is 344 g/mol. The van der Waals surface area contributed by atoms with E-state index in [0.29, 0.717) is 6.04 Å². The Morgan fingerprint density at radius 2 is 2.19 bits per heavy atom. The van der Waals surface area contributed by atoms with Crippen molar-refractivity contribution in [1.29, 1.82) is 0 Å². The van der Waals surface area contributed by atoms with Crippen molar-refractivity contribution < 1.29 is 4.79 Å². The van der Waals surface area contributed by atoms with Gasteiger partial charge in [-0.2, -0.15) is 0 Å². The third-order valence-corrected chi connectivity index (χ3v) is 6.19. The molecule has 1 amide bonds. The molecule has 0 saturated carbocycles. The molecule has 5 nitrogen and oxygen atoms in total. The summed E-state index contributed by atoms with van der Waals surface area (Å²) < 4.78 is 3.26. The largest absolute Gasteiger partial charge is 0.336 e. The van der Waals surface area contributed by atoms with Crippen molar-refractivity contribution in [1.82, 2.24) is 19.4 Å². The van der Waals surface area contributed by atoms with Crippen LogP contribution in [-0.2, 0) is 6.54 Å². The lowest BCUT2D eigenvalue weighted by molar-refractivity contribution is 0.0595. The molecule has 3 aromatic rings. The van der Waals surface area contributed by atoms with Crippen LogP contribution in [0.3, 0.4) is 0 Å². The number of aryl methyl sites for hydroxylation is 3. The summed E-state index contributed by atoms with van der Waals surface area (Å²) in [6.45, 7) is 5.79. The lowest BCUT2D eigenvalue weighted by atomic mass is 9.98. The average molecular weight is 369 g/mol.